The Balaban J connectivity index is 2.40. The maximum atomic E-state index is 13.0. The molecule has 1 amide bonds. The fourth-order valence-corrected chi connectivity index (χ4v) is 1.65. The number of rotatable bonds is 7. The monoisotopic (exact) mass is 282 g/mol. The fraction of sp³-hybridized carbons (Fsp3) is 0.429. The van der Waals surface area contributed by atoms with Crippen LogP contribution in [0.25, 0.3) is 0 Å². The van der Waals surface area contributed by atoms with Crippen LogP contribution in [-0.2, 0) is 14.3 Å². The lowest BCUT2D eigenvalue weighted by molar-refractivity contribution is -0.142. The van der Waals surface area contributed by atoms with Crippen molar-refractivity contribution in [3.8, 4) is 0 Å². The van der Waals surface area contributed by atoms with Gasteiger partial charge >= 0.3 is 5.97 Å². The molecule has 0 fully saturated rings. The van der Waals surface area contributed by atoms with Gasteiger partial charge in [-0.05, 0) is 24.7 Å². The molecule has 0 saturated carbocycles. The van der Waals surface area contributed by atoms with Crippen LogP contribution in [0.15, 0.2) is 24.3 Å². The van der Waals surface area contributed by atoms with Gasteiger partial charge in [0.25, 0.3) is 0 Å². The molecular formula is C14H19FN2O3. The lowest BCUT2D eigenvalue weighted by atomic mass is 10.3. The molecule has 0 spiro atoms. The third-order valence-corrected chi connectivity index (χ3v) is 2.79. The van der Waals surface area contributed by atoms with Crippen molar-refractivity contribution in [1.82, 2.24) is 4.90 Å². The predicted octanol–water partition coefficient (Wildman–Crippen LogP) is 1.65. The summed E-state index contributed by atoms with van der Waals surface area (Å²) in [5.74, 6) is -0.958. The number of carbonyl (C=O) groups is 2. The molecule has 0 atom stereocenters. The second-order valence-corrected chi connectivity index (χ2v) is 4.25. The van der Waals surface area contributed by atoms with Gasteiger partial charge in [-0.3, -0.25) is 14.5 Å². The van der Waals surface area contributed by atoms with Crippen LogP contribution in [0.2, 0.25) is 0 Å². The maximum Gasteiger partial charge on any atom is 0.319 e. The molecule has 20 heavy (non-hydrogen) atoms. The lowest BCUT2D eigenvalue weighted by Gasteiger charge is -2.18. The second kappa shape index (κ2) is 8.27. The molecule has 1 aromatic carbocycles. The van der Waals surface area contributed by atoms with Crippen LogP contribution in [-0.4, -0.2) is 43.5 Å². The summed E-state index contributed by atoms with van der Waals surface area (Å²) in [6, 6.07) is 5.71. The van der Waals surface area contributed by atoms with Crippen LogP contribution in [0.5, 0.6) is 0 Å². The van der Waals surface area contributed by atoms with Crippen LogP contribution in [0.1, 0.15) is 13.3 Å². The van der Waals surface area contributed by atoms with Gasteiger partial charge in [0.2, 0.25) is 5.91 Å². The highest BCUT2D eigenvalue weighted by Crippen LogP contribution is 2.09. The Labute approximate surface area is 117 Å². The highest BCUT2D eigenvalue weighted by Gasteiger charge is 2.11. The van der Waals surface area contributed by atoms with E-state index in [9.17, 15) is 14.0 Å². The maximum absolute atomic E-state index is 13.0. The highest BCUT2D eigenvalue weighted by molar-refractivity contribution is 5.90. The number of halogens is 1. The van der Waals surface area contributed by atoms with Gasteiger partial charge in [-0.1, -0.05) is 13.0 Å². The van der Waals surface area contributed by atoms with E-state index >= 15 is 0 Å². The molecule has 1 aromatic rings. The van der Waals surface area contributed by atoms with Gasteiger partial charge in [0.15, 0.2) is 0 Å². The molecule has 5 nitrogen and oxygen atoms in total. The third-order valence-electron chi connectivity index (χ3n) is 2.79. The van der Waals surface area contributed by atoms with E-state index in [-0.39, 0.29) is 24.8 Å². The van der Waals surface area contributed by atoms with Gasteiger partial charge in [0.1, 0.15) is 5.82 Å². The van der Waals surface area contributed by atoms with E-state index in [0.29, 0.717) is 18.8 Å². The number of anilines is 1. The minimum Gasteiger partial charge on any atom is -0.468 e. The smallest absolute Gasteiger partial charge is 0.319 e. The van der Waals surface area contributed by atoms with Crippen molar-refractivity contribution in [3.63, 3.8) is 0 Å². The van der Waals surface area contributed by atoms with E-state index in [4.69, 9.17) is 0 Å². The summed E-state index contributed by atoms with van der Waals surface area (Å²) in [6.45, 7) is 3.13. The average molecular weight is 282 g/mol. The fourth-order valence-electron chi connectivity index (χ4n) is 1.65. The Kier molecular flexibility index (Phi) is 6.66. The summed E-state index contributed by atoms with van der Waals surface area (Å²) in [7, 11) is 1.33. The Hall–Kier alpha value is -1.95. The van der Waals surface area contributed by atoms with Crippen molar-refractivity contribution in [3.05, 3.63) is 30.1 Å². The van der Waals surface area contributed by atoms with Crippen molar-refractivity contribution in [2.45, 2.75) is 13.3 Å². The van der Waals surface area contributed by atoms with E-state index in [1.165, 1.54) is 25.3 Å². The summed E-state index contributed by atoms with van der Waals surface area (Å²) in [4.78, 5) is 24.7. The first-order chi connectivity index (χ1) is 9.55. The molecule has 1 rings (SSSR count). The number of benzene rings is 1. The zero-order valence-corrected chi connectivity index (χ0v) is 11.7. The topological polar surface area (TPSA) is 58.6 Å². The number of esters is 1. The zero-order valence-electron chi connectivity index (χ0n) is 11.7. The minimum absolute atomic E-state index is 0.153. The number of hydrogen-bond donors (Lipinski definition) is 1. The Morgan fingerprint density at radius 1 is 1.40 bits per heavy atom. The first kappa shape index (κ1) is 16.1. The SMILES string of the molecule is CCN(CCC(=O)Nc1cccc(F)c1)CC(=O)OC. The van der Waals surface area contributed by atoms with Gasteiger partial charge in [-0.2, -0.15) is 0 Å². The van der Waals surface area contributed by atoms with E-state index in [1.807, 2.05) is 6.92 Å². The standard InChI is InChI=1S/C14H19FN2O3/c1-3-17(10-14(19)20-2)8-7-13(18)16-12-6-4-5-11(15)9-12/h4-6,9H,3,7-8,10H2,1-2H3,(H,16,18). The van der Waals surface area contributed by atoms with E-state index in [1.54, 1.807) is 11.0 Å². The third kappa shape index (κ3) is 5.79. The summed E-state index contributed by atoms with van der Waals surface area (Å²) in [6.07, 6.45) is 0.224. The number of carbonyl (C=O) groups excluding carboxylic acids is 2. The zero-order chi connectivity index (χ0) is 15.0. The first-order valence-corrected chi connectivity index (χ1v) is 6.39. The number of amides is 1. The highest BCUT2D eigenvalue weighted by atomic mass is 19.1. The quantitative estimate of drug-likeness (QED) is 0.773. The number of likely N-dealkylation sites (N-methyl/N-ethyl adjacent to an activating group) is 1. The van der Waals surface area contributed by atoms with Crippen molar-refractivity contribution in [2.24, 2.45) is 0 Å². The molecule has 6 heteroatoms. The summed E-state index contributed by atoms with van der Waals surface area (Å²) >= 11 is 0. The summed E-state index contributed by atoms with van der Waals surface area (Å²) < 4.78 is 17.5. The van der Waals surface area contributed by atoms with Crippen LogP contribution < -0.4 is 5.32 Å². The first-order valence-electron chi connectivity index (χ1n) is 6.39. The minimum atomic E-state index is -0.399. The molecule has 0 unspecified atom stereocenters. The average Bonchev–Trinajstić information content (AvgIpc) is 2.43. The van der Waals surface area contributed by atoms with Gasteiger partial charge < -0.3 is 10.1 Å². The molecule has 110 valence electrons. The van der Waals surface area contributed by atoms with Gasteiger partial charge in [0, 0.05) is 18.7 Å². The second-order valence-electron chi connectivity index (χ2n) is 4.25. The van der Waals surface area contributed by atoms with E-state index in [2.05, 4.69) is 10.1 Å². The van der Waals surface area contributed by atoms with Crippen LogP contribution in [0.3, 0.4) is 0 Å². The molecule has 0 aliphatic rings. The molecule has 0 radical (unpaired) electrons. The van der Waals surface area contributed by atoms with Crippen molar-refractivity contribution in [1.29, 1.82) is 0 Å². The molecule has 0 heterocycles. The van der Waals surface area contributed by atoms with Crippen LogP contribution in [0.4, 0.5) is 10.1 Å². The Morgan fingerprint density at radius 3 is 2.75 bits per heavy atom. The number of nitrogens with zero attached hydrogens (tertiary/aromatic N) is 1. The van der Waals surface area contributed by atoms with E-state index in [0.717, 1.165) is 0 Å². The molecule has 0 saturated heterocycles. The summed E-state index contributed by atoms with van der Waals surface area (Å²) in [5, 5.41) is 2.61. The van der Waals surface area contributed by atoms with E-state index < -0.39 is 5.82 Å². The molecular weight excluding hydrogens is 263 g/mol. The van der Waals surface area contributed by atoms with Gasteiger partial charge in [-0.15, -0.1) is 0 Å². The van der Waals surface area contributed by atoms with Crippen molar-refractivity contribution in [2.75, 3.05) is 32.1 Å². The number of nitrogens with one attached hydrogen (secondary N) is 1. The lowest BCUT2D eigenvalue weighted by Crippen LogP contribution is -2.33. The number of methoxy groups -OCH3 is 1. The number of hydrogen-bond acceptors (Lipinski definition) is 4. The normalized spacial score (nSPS) is 10.4. The van der Waals surface area contributed by atoms with Crippen molar-refractivity contribution < 1.29 is 18.7 Å². The molecule has 0 aromatic heterocycles. The largest absolute Gasteiger partial charge is 0.468 e. The molecule has 0 bridgehead atoms. The number of ether oxygens (including phenoxy) is 1. The molecule has 0 aliphatic heterocycles. The van der Waals surface area contributed by atoms with Gasteiger partial charge in [0.05, 0.1) is 13.7 Å². The summed E-state index contributed by atoms with van der Waals surface area (Å²) in [5.41, 5.74) is 0.422. The molecule has 0 aliphatic carbocycles. The van der Waals surface area contributed by atoms with Crippen LogP contribution in [0, 0.1) is 5.82 Å². The Bertz CT molecular complexity index is 465. The van der Waals surface area contributed by atoms with Gasteiger partial charge in [-0.25, -0.2) is 4.39 Å². The van der Waals surface area contributed by atoms with Crippen molar-refractivity contribution >= 4 is 17.6 Å². The predicted molar refractivity (Wildman–Crippen MR) is 73.8 cm³/mol. The Morgan fingerprint density at radius 2 is 2.15 bits per heavy atom. The van der Waals surface area contributed by atoms with Crippen LogP contribution >= 0.6 is 0 Å². The molecule has 1 N–H and O–H groups in total.